The Hall–Kier alpha value is -1.85. The minimum absolute atomic E-state index is 0.662. The monoisotopic (exact) mass is 201 g/mol. The number of methoxy groups -OCH3 is 1. The zero-order valence-electron chi connectivity index (χ0n) is 7.81. The lowest BCUT2D eigenvalue weighted by Gasteiger charge is -2.05. The maximum atomic E-state index is 10.9. The number of amides is 1. The van der Waals surface area contributed by atoms with Gasteiger partial charge in [0.2, 0.25) is 5.91 Å². The number of carbonyl (C=O) groups is 3. The number of carbonyl (C=O) groups excluding carboxylic acids is 2. The highest BCUT2D eigenvalue weighted by Crippen LogP contribution is 1.83. The van der Waals surface area contributed by atoms with Crippen LogP contribution in [0.4, 0.5) is 0 Å². The number of carboxylic acids is 1. The lowest BCUT2D eigenvalue weighted by Crippen LogP contribution is -2.37. The van der Waals surface area contributed by atoms with Gasteiger partial charge >= 0.3 is 11.9 Å². The number of hydrogen-bond donors (Lipinski definition) is 2. The Labute approximate surface area is 80.5 Å². The molecule has 0 aliphatic carbocycles. The molecule has 0 bridgehead atoms. The summed E-state index contributed by atoms with van der Waals surface area (Å²) in [5.41, 5.74) is 0. The van der Waals surface area contributed by atoms with Crippen LogP contribution in [-0.2, 0) is 19.1 Å². The van der Waals surface area contributed by atoms with Crippen molar-refractivity contribution >= 4 is 17.8 Å². The first-order chi connectivity index (χ1) is 6.47. The molecule has 1 amide bonds. The first-order valence-corrected chi connectivity index (χ1v) is 3.76. The van der Waals surface area contributed by atoms with Crippen LogP contribution in [0.3, 0.4) is 0 Å². The van der Waals surface area contributed by atoms with Gasteiger partial charge in [0.25, 0.3) is 0 Å². The van der Waals surface area contributed by atoms with Crippen LogP contribution < -0.4 is 5.32 Å². The predicted octanol–water partition coefficient (Wildman–Crippen LogP) is -0.695. The van der Waals surface area contributed by atoms with Crippen molar-refractivity contribution in [3.63, 3.8) is 0 Å². The second-order valence-corrected chi connectivity index (χ2v) is 2.43. The van der Waals surface area contributed by atoms with Gasteiger partial charge in [-0.3, -0.25) is 9.59 Å². The Morgan fingerprint density at radius 2 is 1.93 bits per heavy atom. The van der Waals surface area contributed by atoms with Crippen LogP contribution in [0.5, 0.6) is 0 Å². The van der Waals surface area contributed by atoms with Crippen molar-refractivity contribution in [1.29, 1.82) is 0 Å². The summed E-state index contributed by atoms with van der Waals surface area (Å²) in [6, 6.07) is -0.996. The van der Waals surface area contributed by atoms with E-state index >= 15 is 0 Å². The van der Waals surface area contributed by atoms with Gasteiger partial charge in [0.05, 0.1) is 7.11 Å². The number of aliphatic carboxylic acids is 1. The molecule has 6 heteroatoms. The molecule has 0 spiro atoms. The molecule has 0 radical (unpaired) electrons. The van der Waals surface area contributed by atoms with E-state index in [0.717, 1.165) is 12.2 Å². The number of carboxylic acid groups (broad SMARTS) is 1. The van der Waals surface area contributed by atoms with Crippen LogP contribution in [0, 0.1) is 0 Å². The van der Waals surface area contributed by atoms with Crippen molar-refractivity contribution < 1.29 is 24.2 Å². The third-order valence-corrected chi connectivity index (χ3v) is 1.30. The van der Waals surface area contributed by atoms with Crippen LogP contribution in [0.1, 0.15) is 6.92 Å². The van der Waals surface area contributed by atoms with Gasteiger partial charge in [-0.05, 0) is 6.92 Å². The smallest absolute Gasteiger partial charge is 0.330 e. The molecule has 1 atom stereocenters. The first-order valence-electron chi connectivity index (χ1n) is 3.76. The third-order valence-electron chi connectivity index (χ3n) is 1.30. The Morgan fingerprint density at radius 1 is 1.36 bits per heavy atom. The van der Waals surface area contributed by atoms with Crippen LogP contribution in [-0.4, -0.2) is 36.1 Å². The molecule has 2 N–H and O–H groups in total. The minimum atomic E-state index is -1.15. The fourth-order valence-electron chi connectivity index (χ4n) is 0.535. The van der Waals surface area contributed by atoms with Crippen molar-refractivity contribution in [3.8, 4) is 0 Å². The molecule has 0 saturated heterocycles. The van der Waals surface area contributed by atoms with E-state index in [0.29, 0.717) is 0 Å². The van der Waals surface area contributed by atoms with E-state index in [-0.39, 0.29) is 0 Å². The molecular formula is C8H11NO5. The second kappa shape index (κ2) is 5.74. The van der Waals surface area contributed by atoms with E-state index in [9.17, 15) is 14.4 Å². The average molecular weight is 201 g/mol. The molecule has 0 aliphatic rings. The van der Waals surface area contributed by atoms with E-state index < -0.39 is 23.9 Å². The fourth-order valence-corrected chi connectivity index (χ4v) is 0.535. The summed E-state index contributed by atoms with van der Waals surface area (Å²) in [6.07, 6.45) is 1.81. The summed E-state index contributed by atoms with van der Waals surface area (Å²) in [6.45, 7) is 1.31. The maximum absolute atomic E-state index is 10.9. The van der Waals surface area contributed by atoms with Crippen molar-refractivity contribution in [2.75, 3.05) is 7.11 Å². The Morgan fingerprint density at radius 3 is 2.36 bits per heavy atom. The summed E-state index contributed by atoms with van der Waals surface area (Å²) >= 11 is 0. The highest BCUT2D eigenvalue weighted by molar-refractivity contribution is 5.96. The van der Waals surface area contributed by atoms with Crippen molar-refractivity contribution in [2.24, 2.45) is 0 Å². The summed E-state index contributed by atoms with van der Waals surface area (Å²) in [5, 5.41) is 10.5. The highest BCUT2D eigenvalue weighted by Gasteiger charge is 2.11. The van der Waals surface area contributed by atoms with Gasteiger partial charge < -0.3 is 15.2 Å². The fraction of sp³-hybridized carbons (Fsp3) is 0.375. The molecule has 0 fully saturated rings. The molecule has 0 aromatic rings. The topological polar surface area (TPSA) is 92.7 Å². The summed E-state index contributed by atoms with van der Waals surface area (Å²) in [4.78, 5) is 31.7. The second-order valence-electron chi connectivity index (χ2n) is 2.43. The highest BCUT2D eigenvalue weighted by atomic mass is 16.5. The van der Waals surface area contributed by atoms with Crippen molar-refractivity contribution in [1.82, 2.24) is 5.32 Å². The summed E-state index contributed by atoms with van der Waals surface area (Å²) in [7, 11) is 1.17. The number of esters is 1. The van der Waals surface area contributed by atoms with E-state index in [1.54, 1.807) is 0 Å². The Balaban J connectivity index is 4.05. The molecule has 6 nitrogen and oxygen atoms in total. The molecule has 0 rings (SSSR count). The van der Waals surface area contributed by atoms with Crippen molar-refractivity contribution in [3.05, 3.63) is 12.2 Å². The maximum Gasteiger partial charge on any atom is 0.330 e. The van der Waals surface area contributed by atoms with E-state index in [1.807, 2.05) is 0 Å². The molecule has 0 aromatic heterocycles. The molecule has 1 unspecified atom stereocenters. The number of ether oxygens (including phenoxy) is 1. The van der Waals surface area contributed by atoms with E-state index in [1.165, 1.54) is 14.0 Å². The number of nitrogens with one attached hydrogen (secondary N) is 1. The third kappa shape index (κ3) is 4.91. The predicted molar refractivity (Wildman–Crippen MR) is 46.4 cm³/mol. The Bertz CT molecular complexity index is 271. The van der Waals surface area contributed by atoms with Crippen LogP contribution >= 0.6 is 0 Å². The lowest BCUT2D eigenvalue weighted by atomic mass is 10.3. The van der Waals surface area contributed by atoms with Gasteiger partial charge in [-0.1, -0.05) is 0 Å². The lowest BCUT2D eigenvalue weighted by molar-refractivity contribution is -0.140. The summed E-state index contributed by atoms with van der Waals surface area (Å²) < 4.78 is 4.23. The SMILES string of the molecule is COC(=O)C=CC(=O)NC(C)C(=O)O. The molecule has 14 heavy (non-hydrogen) atoms. The van der Waals surface area contributed by atoms with Crippen molar-refractivity contribution in [2.45, 2.75) is 13.0 Å². The largest absolute Gasteiger partial charge is 0.480 e. The van der Waals surface area contributed by atoms with Gasteiger partial charge in [-0.25, -0.2) is 4.79 Å². The molecule has 0 heterocycles. The quantitative estimate of drug-likeness (QED) is 0.463. The first kappa shape index (κ1) is 12.2. The van der Waals surface area contributed by atoms with E-state index in [4.69, 9.17) is 5.11 Å². The molecule has 0 aliphatic heterocycles. The molecule has 78 valence electrons. The number of hydrogen-bond acceptors (Lipinski definition) is 4. The van der Waals surface area contributed by atoms with Crippen LogP contribution in [0.25, 0.3) is 0 Å². The number of rotatable bonds is 4. The van der Waals surface area contributed by atoms with Crippen LogP contribution in [0.15, 0.2) is 12.2 Å². The van der Waals surface area contributed by atoms with E-state index in [2.05, 4.69) is 10.1 Å². The molecule has 0 saturated carbocycles. The molecule has 0 aromatic carbocycles. The van der Waals surface area contributed by atoms with Gasteiger partial charge in [0.1, 0.15) is 6.04 Å². The Kier molecular flexibility index (Phi) is 4.98. The van der Waals surface area contributed by atoms with Crippen LogP contribution in [0.2, 0.25) is 0 Å². The standard InChI is InChI=1S/C8H11NO5/c1-5(8(12)13)9-6(10)3-4-7(11)14-2/h3-5H,1-2H3,(H,9,10)(H,12,13). The van der Waals surface area contributed by atoms with Gasteiger partial charge in [-0.15, -0.1) is 0 Å². The zero-order valence-corrected chi connectivity index (χ0v) is 7.81. The molecular weight excluding hydrogens is 190 g/mol. The normalized spacial score (nSPS) is 12.1. The minimum Gasteiger partial charge on any atom is -0.480 e. The average Bonchev–Trinajstić information content (AvgIpc) is 2.13. The van der Waals surface area contributed by atoms with Gasteiger partial charge in [-0.2, -0.15) is 0 Å². The summed E-state index contributed by atoms with van der Waals surface area (Å²) in [5.74, 6) is -2.49. The van der Waals surface area contributed by atoms with Gasteiger partial charge in [0.15, 0.2) is 0 Å². The zero-order chi connectivity index (χ0) is 11.1. The van der Waals surface area contributed by atoms with Gasteiger partial charge in [0, 0.05) is 12.2 Å².